The van der Waals surface area contributed by atoms with Crippen LogP contribution in [0.2, 0.25) is 15.1 Å². The van der Waals surface area contributed by atoms with Gasteiger partial charge in [-0.25, -0.2) is 4.98 Å². The van der Waals surface area contributed by atoms with Gasteiger partial charge in [-0.1, -0.05) is 59.1 Å². The highest BCUT2D eigenvalue weighted by molar-refractivity contribution is 6.35. The van der Waals surface area contributed by atoms with Crippen LogP contribution in [0.1, 0.15) is 11.1 Å². The first-order chi connectivity index (χ1) is 19.9. The van der Waals surface area contributed by atoms with E-state index in [1.54, 1.807) is 67.8 Å². The molecule has 0 bridgehead atoms. The van der Waals surface area contributed by atoms with Crippen LogP contribution in [-0.4, -0.2) is 23.0 Å². The van der Waals surface area contributed by atoms with Crippen molar-refractivity contribution in [1.82, 2.24) is 9.66 Å². The second kappa shape index (κ2) is 11.3. The number of methoxy groups -OCH3 is 1. The van der Waals surface area contributed by atoms with Gasteiger partial charge in [0.05, 0.1) is 34.6 Å². The molecule has 0 spiro atoms. The summed E-state index contributed by atoms with van der Waals surface area (Å²) < 4.78 is 18.6. The largest absolute Gasteiger partial charge is 0.496 e. The van der Waals surface area contributed by atoms with E-state index >= 15 is 0 Å². The van der Waals surface area contributed by atoms with Gasteiger partial charge in [0.2, 0.25) is 5.82 Å². The topological polar surface area (TPSA) is 78.9 Å². The number of rotatable bonds is 7. The van der Waals surface area contributed by atoms with Crippen molar-refractivity contribution in [2.75, 3.05) is 7.11 Å². The van der Waals surface area contributed by atoms with Crippen LogP contribution in [0.15, 0.2) is 99.2 Å². The second-order valence-electron chi connectivity index (χ2n) is 9.01. The lowest BCUT2D eigenvalue weighted by Crippen LogP contribution is -2.20. The molecule has 7 nitrogen and oxygen atoms in total. The Morgan fingerprint density at radius 1 is 0.902 bits per heavy atom. The van der Waals surface area contributed by atoms with Crippen LogP contribution in [0.3, 0.4) is 0 Å². The Hall–Kier alpha value is -4.30. The fourth-order valence-electron chi connectivity index (χ4n) is 4.35. The maximum Gasteiger partial charge on any atom is 0.282 e. The molecule has 41 heavy (non-hydrogen) atoms. The van der Waals surface area contributed by atoms with Gasteiger partial charge < -0.3 is 13.9 Å². The molecule has 0 aliphatic rings. The molecule has 0 unspecified atom stereocenters. The smallest absolute Gasteiger partial charge is 0.282 e. The van der Waals surface area contributed by atoms with Gasteiger partial charge in [-0.2, -0.15) is 9.78 Å². The molecule has 0 N–H and O–H groups in total. The maximum atomic E-state index is 13.5. The van der Waals surface area contributed by atoms with E-state index in [0.717, 1.165) is 10.9 Å². The minimum absolute atomic E-state index is 0.215. The number of nitrogens with zero attached hydrogens (tertiary/aromatic N) is 3. The number of halogens is 3. The number of furan rings is 1. The third kappa shape index (κ3) is 5.39. The van der Waals surface area contributed by atoms with Crippen LogP contribution in [0, 0.1) is 0 Å². The molecule has 0 amide bonds. The van der Waals surface area contributed by atoms with Crippen molar-refractivity contribution in [2.24, 2.45) is 5.10 Å². The summed E-state index contributed by atoms with van der Waals surface area (Å²) in [7, 11) is 1.59. The third-order valence-electron chi connectivity index (χ3n) is 6.39. The van der Waals surface area contributed by atoms with Crippen LogP contribution < -0.4 is 15.0 Å². The van der Waals surface area contributed by atoms with Crippen LogP contribution in [0.25, 0.3) is 33.5 Å². The lowest BCUT2D eigenvalue weighted by molar-refractivity contribution is 0.306. The number of hydrogen-bond donors (Lipinski definition) is 0. The monoisotopic (exact) mass is 603 g/mol. The minimum atomic E-state index is -0.347. The molecule has 0 aliphatic heterocycles. The summed E-state index contributed by atoms with van der Waals surface area (Å²) in [5, 5.41) is 7.09. The van der Waals surface area contributed by atoms with Gasteiger partial charge in [-0.05, 0) is 66.2 Å². The van der Waals surface area contributed by atoms with Crippen molar-refractivity contribution < 1.29 is 13.9 Å². The SMILES string of the molecule is COc1cccc2oc(-c3nc4ccccc4c(=O)n3N=Cc3ccc(OCc4ccc(Cl)cc4Cl)c(Cl)c3)cc12. The molecule has 0 saturated carbocycles. The minimum Gasteiger partial charge on any atom is -0.496 e. The second-order valence-corrected chi connectivity index (χ2v) is 10.3. The molecule has 6 aromatic rings. The Morgan fingerprint density at radius 2 is 1.76 bits per heavy atom. The zero-order valence-electron chi connectivity index (χ0n) is 21.5. The highest BCUT2D eigenvalue weighted by atomic mass is 35.5. The summed E-state index contributed by atoms with van der Waals surface area (Å²) in [6.07, 6.45) is 1.52. The highest BCUT2D eigenvalue weighted by Gasteiger charge is 2.18. The van der Waals surface area contributed by atoms with Crippen molar-refractivity contribution in [1.29, 1.82) is 0 Å². The first-order valence-corrected chi connectivity index (χ1v) is 13.5. The average molecular weight is 605 g/mol. The Bertz CT molecular complexity index is 2020. The fraction of sp³-hybridized carbons (Fsp3) is 0.0645. The van der Waals surface area contributed by atoms with Crippen LogP contribution in [-0.2, 0) is 6.61 Å². The van der Waals surface area contributed by atoms with Crippen molar-refractivity contribution >= 4 is 62.9 Å². The molecule has 0 aliphatic carbocycles. The number of benzene rings is 4. The standard InChI is InChI=1S/C31H20Cl3N3O4/c1-39-26-7-4-8-27-22(26)15-29(41-27)30-36-25-6-3-2-5-21(25)31(38)37(30)35-16-18-9-12-28(24(34)13-18)40-17-19-10-11-20(32)14-23(19)33/h2-16H,17H2,1H3. The summed E-state index contributed by atoms with van der Waals surface area (Å²) in [5.41, 5.74) is 2.19. The molecule has 2 aromatic heterocycles. The quantitative estimate of drug-likeness (QED) is 0.172. The van der Waals surface area contributed by atoms with Crippen LogP contribution >= 0.6 is 34.8 Å². The molecule has 0 atom stereocenters. The summed E-state index contributed by atoms with van der Waals surface area (Å²) in [6.45, 7) is 0.215. The number of para-hydroxylation sites is 1. The highest BCUT2D eigenvalue weighted by Crippen LogP contribution is 2.33. The number of aromatic nitrogens is 2. The zero-order valence-corrected chi connectivity index (χ0v) is 23.7. The third-order valence-corrected chi connectivity index (χ3v) is 7.27. The maximum absolute atomic E-state index is 13.5. The van der Waals surface area contributed by atoms with Gasteiger partial charge in [0.1, 0.15) is 23.7 Å². The Balaban J connectivity index is 1.35. The van der Waals surface area contributed by atoms with Crippen LogP contribution in [0.5, 0.6) is 11.5 Å². The van der Waals surface area contributed by atoms with E-state index < -0.39 is 0 Å². The van der Waals surface area contributed by atoms with Crippen molar-refractivity contribution in [3.63, 3.8) is 0 Å². The van der Waals surface area contributed by atoms with E-state index in [0.29, 0.717) is 54.4 Å². The molecular weight excluding hydrogens is 585 g/mol. The van der Waals surface area contributed by atoms with Crippen molar-refractivity contribution in [3.8, 4) is 23.1 Å². The first kappa shape index (κ1) is 26.9. The van der Waals surface area contributed by atoms with Crippen molar-refractivity contribution in [3.05, 3.63) is 121 Å². The van der Waals surface area contributed by atoms with Gasteiger partial charge >= 0.3 is 0 Å². The summed E-state index contributed by atoms with van der Waals surface area (Å²) in [6, 6.07) is 24.7. The van der Waals surface area contributed by atoms with Gasteiger partial charge in [-0.15, -0.1) is 0 Å². The molecule has 0 saturated heterocycles. The van der Waals surface area contributed by atoms with E-state index in [9.17, 15) is 4.79 Å². The zero-order chi connectivity index (χ0) is 28.5. The van der Waals surface area contributed by atoms with Crippen LogP contribution in [0.4, 0.5) is 0 Å². The number of fused-ring (bicyclic) bond motifs is 2. The summed E-state index contributed by atoms with van der Waals surface area (Å²) >= 11 is 18.7. The van der Waals surface area contributed by atoms with E-state index in [2.05, 4.69) is 5.10 Å². The predicted molar refractivity (Wildman–Crippen MR) is 163 cm³/mol. The average Bonchev–Trinajstić information content (AvgIpc) is 3.41. The predicted octanol–water partition coefficient (Wildman–Crippen LogP) is 8.24. The number of hydrogen-bond acceptors (Lipinski definition) is 6. The van der Waals surface area contributed by atoms with Gasteiger partial charge in [-0.3, -0.25) is 4.79 Å². The van der Waals surface area contributed by atoms with Gasteiger partial charge in [0.25, 0.3) is 5.56 Å². The molecule has 0 radical (unpaired) electrons. The summed E-state index contributed by atoms with van der Waals surface area (Å²) in [4.78, 5) is 18.3. The first-order valence-electron chi connectivity index (χ1n) is 12.4. The van der Waals surface area contributed by atoms with E-state index in [-0.39, 0.29) is 18.0 Å². The Morgan fingerprint density at radius 3 is 2.56 bits per heavy atom. The lowest BCUT2D eigenvalue weighted by Gasteiger charge is -2.10. The Kier molecular flexibility index (Phi) is 7.41. The van der Waals surface area contributed by atoms with E-state index in [1.807, 2.05) is 24.3 Å². The molecule has 10 heteroatoms. The molecule has 0 fully saturated rings. The van der Waals surface area contributed by atoms with Gasteiger partial charge in [0.15, 0.2) is 5.76 Å². The molecule has 204 valence electrons. The molecular formula is C31H20Cl3N3O4. The number of ether oxygens (including phenoxy) is 2. The molecule has 2 heterocycles. The molecule has 6 rings (SSSR count). The Labute approximate surface area is 249 Å². The van der Waals surface area contributed by atoms with Gasteiger partial charge in [0, 0.05) is 15.6 Å². The normalized spacial score (nSPS) is 11.5. The molecule has 4 aromatic carbocycles. The van der Waals surface area contributed by atoms with E-state index in [4.69, 9.17) is 53.7 Å². The lowest BCUT2D eigenvalue weighted by atomic mass is 10.2. The summed E-state index contributed by atoms with van der Waals surface area (Å²) in [5.74, 6) is 1.73. The fourth-order valence-corrected chi connectivity index (χ4v) is 5.05. The van der Waals surface area contributed by atoms with E-state index in [1.165, 1.54) is 10.9 Å². The van der Waals surface area contributed by atoms with Crippen molar-refractivity contribution in [2.45, 2.75) is 6.61 Å².